The monoisotopic (exact) mass is 924 g/mol. The van der Waals surface area contributed by atoms with Gasteiger partial charge in [-0.05, 0) is 55.6 Å². The summed E-state index contributed by atoms with van der Waals surface area (Å²) in [4.78, 5) is 43.4. The molecule has 6 aromatic rings. The Morgan fingerprint density at radius 1 is 0.323 bits per heavy atom. The Morgan fingerprint density at radius 3 is 0.785 bits per heavy atom. The van der Waals surface area contributed by atoms with Crippen LogP contribution in [0.5, 0.6) is 0 Å². The molecule has 0 radical (unpaired) electrons. The molecule has 12 heteroatoms. The predicted molar refractivity (Wildman–Crippen MR) is 261 cm³/mol. The van der Waals surface area contributed by atoms with E-state index in [4.69, 9.17) is 29.4 Å². The van der Waals surface area contributed by atoms with Gasteiger partial charge in [0.25, 0.3) is 0 Å². The van der Waals surface area contributed by atoms with Crippen molar-refractivity contribution in [3.63, 3.8) is 0 Å². The molecule has 0 fully saturated rings. The maximum atomic E-state index is 14.2. The predicted octanol–water partition coefficient (Wildman–Crippen LogP) is 8.57. The Morgan fingerprint density at radius 2 is 0.554 bits per heavy atom. The summed E-state index contributed by atoms with van der Waals surface area (Å²) in [5.74, 6) is 0. The summed E-state index contributed by atoms with van der Waals surface area (Å²) in [5, 5.41) is 48.5. The minimum Gasteiger partial charge on any atom is -0.395 e. The van der Waals surface area contributed by atoms with E-state index in [-0.39, 0.29) is 0 Å². The van der Waals surface area contributed by atoms with E-state index in [0.29, 0.717) is 11.1 Å². The Hall–Kier alpha value is -4.22. The quantitative estimate of drug-likeness (QED) is 0.0472. The van der Waals surface area contributed by atoms with Crippen molar-refractivity contribution in [1.82, 2.24) is 0 Å². The van der Waals surface area contributed by atoms with Crippen molar-refractivity contribution in [2.75, 3.05) is 19.8 Å². The minimum absolute atomic E-state index is 0.410. The van der Waals surface area contributed by atoms with Crippen LogP contribution in [-0.2, 0) is 27.3 Å². The number of rotatable bonds is 14. The molecule has 0 amide bonds. The summed E-state index contributed by atoms with van der Waals surface area (Å²) >= 11 is 0. The summed E-state index contributed by atoms with van der Waals surface area (Å²) in [6.45, 7) is 15.4. The molecule has 0 atom stereocenters. The Kier molecular flexibility index (Phi) is 18.1. The fraction of sp³-hybridized carbons (Fsp3) is 0.321. The van der Waals surface area contributed by atoms with Gasteiger partial charge in [0, 0.05) is 21.7 Å². The highest BCUT2D eigenvalue weighted by Gasteiger charge is 2.56. The average Bonchev–Trinajstić information content (AvgIpc) is 3.30. The molecule has 0 bridgehead atoms. The fourth-order valence-electron chi connectivity index (χ4n) is 8.80. The van der Waals surface area contributed by atoms with Crippen LogP contribution in [0, 0.1) is 5.41 Å². The van der Waals surface area contributed by atoms with Gasteiger partial charge in [0.05, 0.1) is 25.2 Å². The molecule has 0 aliphatic heterocycles. The van der Waals surface area contributed by atoms with E-state index in [2.05, 4.69) is 152 Å². The van der Waals surface area contributed by atoms with E-state index < -0.39 is 69.7 Å². The van der Waals surface area contributed by atoms with Gasteiger partial charge in [-0.1, -0.05) is 213 Å². The molecule has 0 saturated carbocycles. The first-order chi connectivity index (χ1) is 30.5. The second-order valence-electron chi connectivity index (χ2n) is 18.5. The van der Waals surface area contributed by atoms with Crippen LogP contribution < -0.4 is 0 Å². The van der Waals surface area contributed by atoms with Gasteiger partial charge in [0.2, 0.25) is 0 Å². The summed E-state index contributed by atoms with van der Waals surface area (Å²) < 4.78 is 0. The molecule has 0 spiro atoms. The zero-order valence-electron chi connectivity index (χ0n) is 38.5. The van der Waals surface area contributed by atoms with E-state index in [1.54, 1.807) is 0 Å². The first-order valence-corrected chi connectivity index (χ1v) is 23.7. The van der Waals surface area contributed by atoms with Gasteiger partial charge in [0.1, 0.15) is 5.60 Å². The van der Waals surface area contributed by atoms with E-state index in [0.717, 1.165) is 44.5 Å². The largest absolute Gasteiger partial charge is 0.395 e. The fourth-order valence-corrected chi connectivity index (χ4v) is 8.80. The third kappa shape index (κ3) is 11.5. The maximum absolute atomic E-state index is 14.2. The van der Waals surface area contributed by atoms with Crippen molar-refractivity contribution in [2.24, 2.45) is 5.41 Å². The van der Waals surface area contributed by atoms with Crippen LogP contribution in [0.3, 0.4) is 0 Å². The average molecular weight is 925 g/mol. The number of aliphatic hydroxyl groups is 4. The molecule has 0 aliphatic rings. The molecule has 10 nitrogen and oxygen atoms in total. The third-order valence-corrected chi connectivity index (χ3v) is 13.3. The molecular formula is C53H66O10P2. The van der Waals surface area contributed by atoms with Crippen molar-refractivity contribution in [1.29, 1.82) is 0 Å². The maximum Gasteiger partial charge on any atom is 0.324 e. The number of hydrogen-bond acceptors (Lipinski definition) is 10. The lowest BCUT2D eigenvalue weighted by molar-refractivity contribution is -0.137. The van der Waals surface area contributed by atoms with Crippen LogP contribution in [0.15, 0.2) is 158 Å². The van der Waals surface area contributed by atoms with Gasteiger partial charge in [-0.15, -0.1) is 0 Å². The minimum atomic E-state index is -2.62. The highest BCUT2D eigenvalue weighted by Crippen LogP contribution is 2.53. The van der Waals surface area contributed by atoms with Crippen molar-refractivity contribution < 1.29 is 49.8 Å². The number of aliphatic hydroxyl groups excluding tert-OH is 3. The van der Waals surface area contributed by atoms with Gasteiger partial charge >= 0.3 is 17.2 Å². The van der Waals surface area contributed by atoms with E-state index >= 15 is 0 Å². The molecule has 6 rings (SSSR count). The van der Waals surface area contributed by atoms with Crippen molar-refractivity contribution in [2.45, 2.75) is 82.7 Å². The Balaban J connectivity index is 0.00000107. The van der Waals surface area contributed by atoms with Crippen molar-refractivity contribution >= 4 is 17.2 Å². The van der Waals surface area contributed by atoms with Gasteiger partial charge in [-0.25, -0.2) is 0 Å². The van der Waals surface area contributed by atoms with Gasteiger partial charge < -0.3 is 49.8 Å². The molecule has 348 valence electrons. The van der Waals surface area contributed by atoms with Gasteiger partial charge in [0.15, 0.2) is 0 Å². The second kappa shape index (κ2) is 22.1. The summed E-state index contributed by atoms with van der Waals surface area (Å²) in [7, 11) is -5.24. The summed E-state index contributed by atoms with van der Waals surface area (Å²) in [6.07, 6.45) is 0. The lowest BCUT2D eigenvalue weighted by Crippen LogP contribution is -2.56. The normalized spacial score (nSPS) is 12.6. The van der Waals surface area contributed by atoms with E-state index in [9.17, 15) is 20.4 Å². The van der Waals surface area contributed by atoms with Crippen LogP contribution in [0.1, 0.15) is 111 Å². The molecule has 0 saturated heterocycles. The topological polar surface area (TPSA) is 202 Å². The SMILES string of the molecule is CC(C)(c1ccccc1)c1ccc(C(O)(c2ccc(C(C)(C)c3ccccc3)cc2C(C)(C)c2ccccc2)C(CO)(CO)CO)c(C(C)(C)c2ccccc2)c1.OP(O)O.OP(O)O. The lowest BCUT2D eigenvalue weighted by Gasteiger charge is -2.49. The summed E-state index contributed by atoms with van der Waals surface area (Å²) in [6, 6.07) is 53.7. The second-order valence-corrected chi connectivity index (χ2v) is 19.6. The molecule has 0 aliphatic carbocycles. The van der Waals surface area contributed by atoms with Crippen molar-refractivity contribution in [3.05, 3.63) is 213 Å². The van der Waals surface area contributed by atoms with Crippen LogP contribution in [-0.4, -0.2) is 69.6 Å². The lowest BCUT2D eigenvalue weighted by atomic mass is 9.58. The van der Waals surface area contributed by atoms with Crippen LogP contribution in [0.4, 0.5) is 0 Å². The van der Waals surface area contributed by atoms with E-state index in [1.807, 2.05) is 60.7 Å². The van der Waals surface area contributed by atoms with E-state index in [1.165, 1.54) is 0 Å². The third-order valence-electron chi connectivity index (χ3n) is 13.3. The van der Waals surface area contributed by atoms with Crippen molar-refractivity contribution in [3.8, 4) is 0 Å². The molecular weight excluding hydrogens is 859 g/mol. The standard InChI is InChI=1S/C53H60O4.2H3O3P/c1-48(2,38-21-13-9-14-22-38)42-29-31-44(46(33-42)50(5,6)40-25-17-11-18-26-40)53(57,52(35-54,36-55)37-56)45-32-30-43(49(3,4)39-23-15-10-16-24-39)34-47(45)51(7,8)41-27-19-12-20-28-41;2*1-4(2)3/h9-34,54-57H,35-37H2,1-8H3;2*1-3H. The summed E-state index contributed by atoms with van der Waals surface area (Å²) in [5.41, 5.74) is 3.08. The van der Waals surface area contributed by atoms with Gasteiger partial charge in [-0.3, -0.25) is 0 Å². The molecule has 0 heterocycles. The Bertz CT molecular complexity index is 2210. The van der Waals surface area contributed by atoms with Crippen LogP contribution in [0.25, 0.3) is 0 Å². The number of hydrogen-bond donors (Lipinski definition) is 10. The smallest absolute Gasteiger partial charge is 0.324 e. The highest BCUT2D eigenvalue weighted by atomic mass is 31.2. The first kappa shape index (κ1) is 53.4. The molecule has 10 N–H and O–H groups in total. The van der Waals surface area contributed by atoms with Crippen LogP contribution in [0.2, 0.25) is 0 Å². The number of benzene rings is 6. The zero-order chi connectivity index (χ0) is 48.4. The van der Waals surface area contributed by atoms with Gasteiger partial charge in [-0.2, -0.15) is 0 Å². The molecule has 65 heavy (non-hydrogen) atoms. The van der Waals surface area contributed by atoms with Crippen LogP contribution >= 0.6 is 17.2 Å². The molecule has 6 aromatic carbocycles. The first-order valence-electron chi connectivity index (χ1n) is 21.3. The Labute approximate surface area is 386 Å². The molecule has 0 unspecified atom stereocenters. The molecule has 0 aromatic heterocycles. The zero-order valence-corrected chi connectivity index (χ0v) is 40.3. The highest BCUT2D eigenvalue weighted by molar-refractivity contribution is 7.38.